The van der Waals surface area contributed by atoms with Crippen LogP contribution in [0.4, 0.5) is 0 Å². The number of nitriles is 1. The standard InChI is InChI=1S/C18H12N4OS/c19-9-12-3-4-16-13(8-12)5-7-22(16)18(23)15-11-24-17(21-15)14-2-1-6-20-10-14/h1-8,10-11H,21H2. The number of carbonyl (C=O) groups is 1. The van der Waals surface area contributed by atoms with E-state index in [1.54, 1.807) is 41.4 Å². The Kier molecular flexibility index (Phi) is 3.50. The largest absolute Gasteiger partial charge is 0.413 e. The summed E-state index contributed by atoms with van der Waals surface area (Å²) in [7, 11) is 0. The molecule has 0 amide bonds. The second-order valence-corrected chi connectivity index (χ2v) is 6.23. The Hall–Kier alpha value is -3.14. The van der Waals surface area contributed by atoms with Crippen LogP contribution in [0.1, 0.15) is 15.9 Å². The third-order valence-corrected chi connectivity index (χ3v) is 4.81. The first-order chi connectivity index (χ1) is 11.8. The number of carbonyl (C=O) groups excluding carboxylic acids is 1. The van der Waals surface area contributed by atoms with Crippen molar-refractivity contribution in [3.05, 3.63) is 77.5 Å². The topological polar surface area (TPSA) is 74.2 Å². The van der Waals surface area contributed by atoms with Gasteiger partial charge < -0.3 is 10.3 Å². The van der Waals surface area contributed by atoms with Crippen LogP contribution in [0.25, 0.3) is 10.9 Å². The number of nitrogens with two attached hydrogens (primary N) is 1. The molecule has 5 nitrogen and oxygen atoms in total. The van der Waals surface area contributed by atoms with E-state index in [9.17, 15) is 4.79 Å². The zero-order valence-corrected chi connectivity index (χ0v) is 13.3. The third-order valence-electron chi connectivity index (χ3n) is 3.83. The normalized spacial score (nSPS) is 13.5. The van der Waals surface area contributed by atoms with Gasteiger partial charge in [-0.3, -0.25) is 4.79 Å². The SMILES string of the molecule is N#Cc1cc[c-]2c(cc[n+]2C(=O)[C-]2C=[S+][C-](c3cccnc3)[NH2+]2)c1. The van der Waals surface area contributed by atoms with Crippen LogP contribution >= 0.6 is 0 Å². The van der Waals surface area contributed by atoms with Gasteiger partial charge in [-0.05, 0) is 29.3 Å². The molecule has 2 aromatic heterocycles. The Labute approximate surface area is 142 Å². The van der Waals surface area contributed by atoms with Gasteiger partial charge >= 0.3 is 0 Å². The molecule has 116 valence electrons. The van der Waals surface area contributed by atoms with E-state index < -0.39 is 0 Å². The fraction of sp³-hybridized carbons (Fsp3) is 0. The fourth-order valence-corrected chi connectivity index (χ4v) is 3.51. The molecule has 1 aliphatic heterocycles. The first-order valence-corrected chi connectivity index (χ1v) is 8.19. The maximum absolute atomic E-state index is 12.8. The molecule has 0 atom stereocenters. The summed E-state index contributed by atoms with van der Waals surface area (Å²) in [5.41, 5.74) is 2.38. The lowest BCUT2D eigenvalue weighted by molar-refractivity contribution is -0.612. The van der Waals surface area contributed by atoms with E-state index in [-0.39, 0.29) is 5.91 Å². The molecule has 0 unspecified atom stereocenters. The Morgan fingerprint density at radius 2 is 2.29 bits per heavy atom. The van der Waals surface area contributed by atoms with Gasteiger partial charge in [0.25, 0.3) is 11.3 Å². The number of nitrogens with zero attached hydrogens (tertiary/aromatic N) is 3. The van der Waals surface area contributed by atoms with Crippen molar-refractivity contribution in [2.24, 2.45) is 0 Å². The van der Waals surface area contributed by atoms with Crippen LogP contribution in [0.2, 0.25) is 0 Å². The summed E-state index contributed by atoms with van der Waals surface area (Å²) in [6, 6.07) is 13.8. The van der Waals surface area contributed by atoms with Crippen molar-refractivity contribution in [3.8, 4) is 6.07 Å². The summed E-state index contributed by atoms with van der Waals surface area (Å²) in [5.74, 6) is -0.0823. The van der Waals surface area contributed by atoms with Crippen molar-refractivity contribution >= 4 is 33.5 Å². The van der Waals surface area contributed by atoms with E-state index in [0.29, 0.717) is 11.6 Å². The highest BCUT2D eigenvalue weighted by Crippen LogP contribution is 2.14. The van der Waals surface area contributed by atoms with Crippen molar-refractivity contribution in [1.82, 2.24) is 4.98 Å². The molecule has 0 spiro atoms. The van der Waals surface area contributed by atoms with Crippen molar-refractivity contribution in [3.63, 3.8) is 0 Å². The molecule has 2 N–H and O–H groups in total. The predicted molar refractivity (Wildman–Crippen MR) is 90.3 cm³/mol. The van der Waals surface area contributed by atoms with E-state index >= 15 is 0 Å². The van der Waals surface area contributed by atoms with E-state index in [1.165, 1.54) is 11.4 Å². The quantitative estimate of drug-likeness (QED) is 0.317. The Morgan fingerprint density at radius 3 is 3.08 bits per heavy atom. The minimum atomic E-state index is -0.0823. The predicted octanol–water partition coefficient (Wildman–Crippen LogP) is 0.285. The van der Waals surface area contributed by atoms with E-state index in [2.05, 4.69) is 11.1 Å². The fourth-order valence-electron chi connectivity index (χ4n) is 2.64. The Bertz CT molecular complexity index is 987. The number of fused-ring (bicyclic) bond motifs is 1. The number of aromatic nitrogens is 2. The van der Waals surface area contributed by atoms with Crippen molar-refractivity contribution in [2.45, 2.75) is 0 Å². The van der Waals surface area contributed by atoms with E-state index in [4.69, 9.17) is 5.26 Å². The summed E-state index contributed by atoms with van der Waals surface area (Å²) >= 11 is 1.52. The molecule has 1 aromatic carbocycles. The lowest BCUT2D eigenvalue weighted by atomic mass is 10.2. The minimum absolute atomic E-state index is 0.0823. The van der Waals surface area contributed by atoms with E-state index in [1.807, 2.05) is 28.9 Å². The van der Waals surface area contributed by atoms with Crippen molar-refractivity contribution in [1.29, 1.82) is 5.26 Å². The molecule has 0 aliphatic carbocycles. The highest BCUT2D eigenvalue weighted by Gasteiger charge is 2.29. The lowest BCUT2D eigenvalue weighted by Gasteiger charge is -2.16. The molecule has 6 heteroatoms. The zero-order valence-electron chi connectivity index (χ0n) is 12.5. The summed E-state index contributed by atoms with van der Waals surface area (Å²) in [5, 5.41) is 14.6. The average molecular weight is 332 g/mol. The molecule has 0 radical (unpaired) electrons. The van der Waals surface area contributed by atoms with Crippen LogP contribution in [0.3, 0.4) is 0 Å². The number of rotatable bonds is 2. The summed E-state index contributed by atoms with van der Waals surface area (Å²) in [6.45, 7) is 0. The molecule has 0 fully saturated rings. The van der Waals surface area contributed by atoms with Crippen molar-refractivity contribution in [2.75, 3.05) is 0 Å². The highest BCUT2D eigenvalue weighted by molar-refractivity contribution is 7.81. The smallest absolute Gasteiger partial charge is 0.267 e. The van der Waals surface area contributed by atoms with Gasteiger partial charge in [0.2, 0.25) is 0 Å². The number of hydrogen-bond donors (Lipinski definition) is 1. The Morgan fingerprint density at radius 1 is 1.38 bits per heavy atom. The molecule has 24 heavy (non-hydrogen) atoms. The van der Waals surface area contributed by atoms with Gasteiger partial charge in [0.05, 0.1) is 17.6 Å². The molecule has 1 aliphatic rings. The Balaban J connectivity index is 1.59. The molecular formula is C18H12N4OS. The van der Waals surface area contributed by atoms with E-state index in [0.717, 1.165) is 21.8 Å². The van der Waals surface area contributed by atoms with Gasteiger partial charge in [-0.15, -0.1) is 6.07 Å². The zero-order chi connectivity index (χ0) is 16.5. The van der Waals surface area contributed by atoms with Crippen LogP contribution in [0, 0.1) is 22.7 Å². The second kappa shape index (κ2) is 5.81. The van der Waals surface area contributed by atoms with Gasteiger partial charge in [0, 0.05) is 0 Å². The number of benzene rings is 1. The maximum Gasteiger partial charge on any atom is 0.267 e. The van der Waals surface area contributed by atoms with Crippen molar-refractivity contribution < 1.29 is 14.7 Å². The van der Waals surface area contributed by atoms with Gasteiger partial charge in [0.15, 0.2) is 11.4 Å². The highest BCUT2D eigenvalue weighted by atomic mass is 32.1. The molecule has 3 aromatic rings. The van der Waals surface area contributed by atoms with Crippen LogP contribution in [0.15, 0.2) is 55.0 Å². The lowest BCUT2D eigenvalue weighted by Crippen LogP contribution is -2.88. The minimum Gasteiger partial charge on any atom is -0.413 e. The maximum atomic E-state index is 12.8. The van der Waals surface area contributed by atoms with Crippen LogP contribution < -0.4 is 9.88 Å². The van der Waals surface area contributed by atoms with Crippen LogP contribution in [-0.4, -0.2) is 16.3 Å². The summed E-state index contributed by atoms with van der Waals surface area (Å²) in [6.07, 6.45) is 5.26. The molecule has 4 rings (SSSR count). The first kappa shape index (κ1) is 14.5. The van der Waals surface area contributed by atoms with Gasteiger partial charge in [-0.25, -0.2) is 4.57 Å². The second-order valence-electron chi connectivity index (χ2n) is 5.32. The van der Waals surface area contributed by atoms with Gasteiger partial charge in [0.1, 0.15) is 5.52 Å². The van der Waals surface area contributed by atoms with Crippen LogP contribution in [-0.2, 0) is 11.4 Å². The molecule has 0 bridgehead atoms. The number of hydrogen-bond acceptors (Lipinski definition) is 3. The number of pyridine rings is 1. The number of quaternary nitrogens is 1. The molecule has 3 heterocycles. The third kappa shape index (κ3) is 2.42. The first-order valence-electron chi connectivity index (χ1n) is 7.31. The molecule has 0 saturated carbocycles. The van der Waals surface area contributed by atoms with Gasteiger partial charge in [-0.2, -0.15) is 5.26 Å². The molecule has 0 saturated heterocycles. The molecular weight excluding hydrogens is 320 g/mol. The van der Waals surface area contributed by atoms with Crippen LogP contribution in [0.5, 0.6) is 0 Å². The monoisotopic (exact) mass is 332 g/mol. The van der Waals surface area contributed by atoms with Gasteiger partial charge in [-0.1, -0.05) is 36.0 Å². The average Bonchev–Trinajstić information content (AvgIpc) is 3.28. The summed E-state index contributed by atoms with van der Waals surface area (Å²) < 4.78 is 1.62. The summed E-state index contributed by atoms with van der Waals surface area (Å²) in [4.78, 5) is 16.9.